The normalized spacial score (nSPS) is 11.8. The number of hydrogen-bond acceptors (Lipinski definition) is 2. The molecule has 0 saturated carbocycles. The summed E-state index contributed by atoms with van der Waals surface area (Å²) in [5.41, 5.74) is 6.90. The van der Waals surface area contributed by atoms with E-state index in [1.165, 1.54) is 0 Å². The number of nitrogen functional groups attached to an aromatic ring is 1. The second-order valence-corrected chi connectivity index (χ2v) is 4.13. The van der Waals surface area contributed by atoms with Gasteiger partial charge in [-0.25, -0.2) is 0 Å². The Morgan fingerprint density at radius 2 is 2.00 bits per heavy atom. The summed E-state index contributed by atoms with van der Waals surface area (Å²) in [6, 6.07) is 5.14. The van der Waals surface area contributed by atoms with Crippen LogP contribution in [-0.4, -0.2) is 12.8 Å². The fraction of sp³-hybridized carbons (Fsp3) is 0.400. The first-order chi connectivity index (χ1) is 7.38. The van der Waals surface area contributed by atoms with Gasteiger partial charge in [0.25, 0.3) is 0 Å². The van der Waals surface area contributed by atoms with Crippen molar-refractivity contribution in [2.45, 2.75) is 19.2 Å². The Kier molecular flexibility index (Phi) is 4.61. The standard InChI is InChI=1S/C10H11BrF3NO/c11-8-2-1-7(5-9(8)15)6-16-4-3-10(12,13)14/h1-2,5H,3-4,6,15H2. The number of rotatable bonds is 4. The number of nitrogens with two attached hydrogens (primary N) is 1. The molecule has 0 atom stereocenters. The van der Waals surface area contributed by atoms with Crippen molar-refractivity contribution in [1.82, 2.24) is 0 Å². The average molecular weight is 298 g/mol. The van der Waals surface area contributed by atoms with Crippen LogP contribution in [0.3, 0.4) is 0 Å². The summed E-state index contributed by atoms with van der Waals surface area (Å²) in [5.74, 6) is 0. The highest BCUT2D eigenvalue weighted by molar-refractivity contribution is 9.10. The SMILES string of the molecule is Nc1cc(COCCC(F)(F)F)ccc1Br. The van der Waals surface area contributed by atoms with Gasteiger partial charge in [0.1, 0.15) is 0 Å². The minimum absolute atomic E-state index is 0.132. The lowest BCUT2D eigenvalue weighted by Gasteiger charge is -2.08. The monoisotopic (exact) mass is 297 g/mol. The maximum atomic E-state index is 11.8. The van der Waals surface area contributed by atoms with Crippen molar-refractivity contribution < 1.29 is 17.9 Å². The van der Waals surface area contributed by atoms with Gasteiger partial charge in [0.15, 0.2) is 0 Å². The molecule has 0 heterocycles. The van der Waals surface area contributed by atoms with Gasteiger partial charge in [-0.15, -0.1) is 0 Å². The van der Waals surface area contributed by atoms with E-state index in [0.29, 0.717) is 5.69 Å². The Morgan fingerprint density at radius 1 is 1.31 bits per heavy atom. The molecule has 0 saturated heterocycles. The van der Waals surface area contributed by atoms with E-state index in [9.17, 15) is 13.2 Å². The highest BCUT2D eigenvalue weighted by Gasteiger charge is 2.26. The second-order valence-electron chi connectivity index (χ2n) is 3.27. The van der Waals surface area contributed by atoms with Crippen LogP contribution in [0.2, 0.25) is 0 Å². The molecule has 90 valence electrons. The van der Waals surface area contributed by atoms with Gasteiger partial charge in [0.05, 0.1) is 19.6 Å². The smallest absolute Gasteiger partial charge is 0.391 e. The molecule has 0 radical (unpaired) electrons. The van der Waals surface area contributed by atoms with Crippen LogP contribution in [0.15, 0.2) is 22.7 Å². The molecular formula is C10H11BrF3NO. The third kappa shape index (κ3) is 4.85. The average Bonchev–Trinajstić information content (AvgIpc) is 2.17. The van der Waals surface area contributed by atoms with Gasteiger partial charge in [-0.2, -0.15) is 13.2 Å². The molecule has 0 amide bonds. The quantitative estimate of drug-likeness (QED) is 0.682. The minimum atomic E-state index is -4.17. The molecule has 2 N–H and O–H groups in total. The first-order valence-electron chi connectivity index (χ1n) is 4.57. The highest BCUT2D eigenvalue weighted by Crippen LogP contribution is 2.22. The van der Waals surface area contributed by atoms with Crippen LogP contribution in [0.1, 0.15) is 12.0 Å². The summed E-state index contributed by atoms with van der Waals surface area (Å²) in [6.07, 6.45) is -5.10. The zero-order valence-electron chi connectivity index (χ0n) is 8.35. The minimum Gasteiger partial charge on any atom is -0.398 e. The number of anilines is 1. The van der Waals surface area contributed by atoms with E-state index >= 15 is 0 Å². The maximum absolute atomic E-state index is 11.8. The van der Waals surface area contributed by atoms with E-state index in [1.54, 1.807) is 18.2 Å². The van der Waals surface area contributed by atoms with Crippen LogP contribution < -0.4 is 5.73 Å². The van der Waals surface area contributed by atoms with E-state index in [4.69, 9.17) is 10.5 Å². The van der Waals surface area contributed by atoms with Crippen molar-refractivity contribution in [3.63, 3.8) is 0 Å². The van der Waals surface area contributed by atoms with Crippen LogP contribution in [0.25, 0.3) is 0 Å². The first kappa shape index (κ1) is 13.3. The molecule has 1 aromatic carbocycles. The first-order valence-corrected chi connectivity index (χ1v) is 5.36. The van der Waals surface area contributed by atoms with E-state index in [-0.39, 0.29) is 13.2 Å². The Hall–Kier alpha value is -0.750. The lowest BCUT2D eigenvalue weighted by Crippen LogP contribution is -2.11. The van der Waals surface area contributed by atoms with Gasteiger partial charge in [-0.3, -0.25) is 0 Å². The van der Waals surface area contributed by atoms with Crippen molar-refractivity contribution in [2.24, 2.45) is 0 Å². The summed E-state index contributed by atoms with van der Waals surface area (Å²) < 4.78 is 41.0. The molecule has 0 bridgehead atoms. The summed E-state index contributed by atoms with van der Waals surface area (Å²) in [5, 5.41) is 0. The molecule has 0 aliphatic heterocycles. The van der Waals surface area contributed by atoms with Gasteiger partial charge in [-0.05, 0) is 33.6 Å². The van der Waals surface area contributed by atoms with Gasteiger partial charge in [0, 0.05) is 10.2 Å². The Morgan fingerprint density at radius 3 is 2.56 bits per heavy atom. The topological polar surface area (TPSA) is 35.2 Å². The summed E-state index contributed by atoms with van der Waals surface area (Å²) >= 11 is 3.22. The third-order valence-corrected chi connectivity index (χ3v) is 2.58. The molecular weight excluding hydrogens is 287 g/mol. The number of halogens is 4. The molecule has 0 aromatic heterocycles. The van der Waals surface area contributed by atoms with Gasteiger partial charge >= 0.3 is 6.18 Å². The fourth-order valence-corrected chi connectivity index (χ4v) is 1.31. The molecule has 6 heteroatoms. The Bertz CT molecular complexity index is 354. The number of benzene rings is 1. The molecule has 2 nitrogen and oxygen atoms in total. The van der Waals surface area contributed by atoms with E-state index in [1.807, 2.05) is 0 Å². The summed E-state index contributed by atoms with van der Waals surface area (Å²) in [6.45, 7) is -0.201. The lowest BCUT2D eigenvalue weighted by atomic mass is 10.2. The van der Waals surface area contributed by atoms with E-state index in [0.717, 1.165) is 10.0 Å². The maximum Gasteiger partial charge on any atom is 0.391 e. The van der Waals surface area contributed by atoms with Crippen molar-refractivity contribution >= 4 is 21.6 Å². The molecule has 0 unspecified atom stereocenters. The molecule has 1 rings (SSSR count). The van der Waals surface area contributed by atoms with Crippen LogP contribution in [0.5, 0.6) is 0 Å². The Balaban J connectivity index is 2.35. The predicted molar refractivity (Wildman–Crippen MR) is 58.9 cm³/mol. The van der Waals surface area contributed by atoms with Crippen molar-refractivity contribution in [2.75, 3.05) is 12.3 Å². The summed E-state index contributed by atoms with van der Waals surface area (Å²) in [4.78, 5) is 0. The van der Waals surface area contributed by atoms with Crippen LogP contribution in [0, 0.1) is 0 Å². The van der Waals surface area contributed by atoms with Crippen molar-refractivity contribution in [1.29, 1.82) is 0 Å². The third-order valence-electron chi connectivity index (χ3n) is 1.86. The van der Waals surface area contributed by atoms with Crippen molar-refractivity contribution in [3.8, 4) is 0 Å². The highest BCUT2D eigenvalue weighted by atomic mass is 79.9. The van der Waals surface area contributed by atoms with Crippen LogP contribution in [0.4, 0.5) is 18.9 Å². The largest absolute Gasteiger partial charge is 0.398 e. The Labute approximate surface area is 99.7 Å². The number of hydrogen-bond donors (Lipinski definition) is 1. The fourth-order valence-electron chi connectivity index (χ4n) is 1.06. The predicted octanol–water partition coefficient (Wildman–Crippen LogP) is 3.50. The number of ether oxygens (including phenoxy) is 1. The van der Waals surface area contributed by atoms with Crippen LogP contribution in [-0.2, 0) is 11.3 Å². The molecule has 1 aromatic rings. The van der Waals surface area contributed by atoms with Crippen LogP contribution >= 0.6 is 15.9 Å². The van der Waals surface area contributed by atoms with Gasteiger partial charge in [0.2, 0.25) is 0 Å². The molecule has 16 heavy (non-hydrogen) atoms. The van der Waals surface area contributed by atoms with Gasteiger partial charge < -0.3 is 10.5 Å². The molecule has 0 fully saturated rings. The second kappa shape index (κ2) is 5.54. The zero-order valence-corrected chi connectivity index (χ0v) is 9.94. The van der Waals surface area contributed by atoms with E-state index in [2.05, 4.69) is 15.9 Å². The van der Waals surface area contributed by atoms with Crippen molar-refractivity contribution in [3.05, 3.63) is 28.2 Å². The number of alkyl halides is 3. The summed E-state index contributed by atoms with van der Waals surface area (Å²) in [7, 11) is 0. The lowest BCUT2D eigenvalue weighted by molar-refractivity contribution is -0.146. The molecule has 0 aliphatic rings. The molecule has 0 aliphatic carbocycles. The molecule has 0 spiro atoms. The zero-order chi connectivity index (χ0) is 12.2. The van der Waals surface area contributed by atoms with E-state index < -0.39 is 12.6 Å². The van der Waals surface area contributed by atoms with Gasteiger partial charge in [-0.1, -0.05) is 6.07 Å².